The summed E-state index contributed by atoms with van der Waals surface area (Å²) in [4.78, 5) is 15.8. The molecule has 4 rings (SSSR count). The second-order valence-electron chi connectivity index (χ2n) is 9.08. The lowest BCUT2D eigenvalue weighted by molar-refractivity contribution is 0.0730. The van der Waals surface area contributed by atoms with E-state index in [1.165, 1.54) is 17.1 Å². The third kappa shape index (κ3) is 5.07. The van der Waals surface area contributed by atoms with E-state index in [1.54, 1.807) is 12.1 Å². The zero-order valence-electron chi connectivity index (χ0n) is 18.5. The topological polar surface area (TPSA) is 79.0 Å². The van der Waals surface area contributed by atoms with E-state index in [4.69, 9.17) is 4.74 Å². The first kappa shape index (κ1) is 22.6. The molecule has 31 heavy (non-hydrogen) atoms. The Bertz CT molecular complexity index is 877. The van der Waals surface area contributed by atoms with Gasteiger partial charge in [-0.3, -0.25) is 4.79 Å². The highest BCUT2D eigenvalue weighted by Crippen LogP contribution is 2.30. The average Bonchev–Trinajstić information content (AvgIpc) is 2.81. The van der Waals surface area contributed by atoms with E-state index in [1.807, 2.05) is 6.07 Å². The number of carbonyl (C=O) groups is 1. The van der Waals surface area contributed by atoms with Gasteiger partial charge in [0.1, 0.15) is 0 Å². The van der Waals surface area contributed by atoms with Gasteiger partial charge >= 0.3 is 0 Å². The van der Waals surface area contributed by atoms with Crippen LogP contribution in [0.25, 0.3) is 0 Å². The van der Waals surface area contributed by atoms with Gasteiger partial charge in [-0.25, -0.2) is 8.42 Å². The number of rotatable bonds is 5. The van der Waals surface area contributed by atoms with Crippen LogP contribution in [0, 0.1) is 5.92 Å². The van der Waals surface area contributed by atoms with E-state index in [-0.39, 0.29) is 16.8 Å². The lowest BCUT2D eigenvalue weighted by Crippen LogP contribution is -2.42. The molecule has 0 bridgehead atoms. The smallest absolute Gasteiger partial charge is 0.253 e. The van der Waals surface area contributed by atoms with E-state index < -0.39 is 10.0 Å². The predicted molar refractivity (Wildman–Crippen MR) is 121 cm³/mol. The summed E-state index contributed by atoms with van der Waals surface area (Å²) in [5, 5.41) is 3.23. The number of ether oxygens (including phenoxy) is 1. The van der Waals surface area contributed by atoms with Gasteiger partial charge in [-0.1, -0.05) is 19.8 Å². The Kier molecular flexibility index (Phi) is 7.19. The first-order valence-corrected chi connectivity index (χ1v) is 13.2. The van der Waals surface area contributed by atoms with Gasteiger partial charge in [0.15, 0.2) is 0 Å². The highest BCUT2D eigenvalue weighted by molar-refractivity contribution is 7.89. The van der Waals surface area contributed by atoms with Crippen molar-refractivity contribution in [2.24, 2.45) is 5.92 Å². The van der Waals surface area contributed by atoms with Crippen molar-refractivity contribution < 1.29 is 17.9 Å². The third-order valence-electron chi connectivity index (χ3n) is 6.95. The Labute approximate surface area is 186 Å². The summed E-state index contributed by atoms with van der Waals surface area (Å²) in [6.45, 7) is 5.48. The minimum absolute atomic E-state index is 0.148. The molecule has 0 aromatic heterocycles. The van der Waals surface area contributed by atoms with Crippen LogP contribution in [0.4, 0.5) is 5.69 Å². The Morgan fingerprint density at radius 2 is 1.71 bits per heavy atom. The third-order valence-corrected chi connectivity index (χ3v) is 8.84. The minimum atomic E-state index is -3.65. The van der Waals surface area contributed by atoms with Crippen LogP contribution in [0.15, 0.2) is 23.1 Å². The fourth-order valence-corrected chi connectivity index (χ4v) is 6.42. The van der Waals surface area contributed by atoms with Crippen molar-refractivity contribution in [2.75, 3.05) is 44.3 Å². The second kappa shape index (κ2) is 9.88. The number of hydrogen-bond acceptors (Lipinski definition) is 5. The van der Waals surface area contributed by atoms with Gasteiger partial charge in [0, 0.05) is 37.9 Å². The largest absolute Gasteiger partial charge is 0.379 e. The molecule has 3 aliphatic rings. The van der Waals surface area contributed by atoms with E-state index in [9.17, 15) is 13.2 Å². The molecule has 0 spiro atoms. The normalized spacial score (nSPS) is 25.9. The zero-order valence-corrected chi connectivity index (χ0v) is 19.3. The maximum Gasteiger partial charge on any atom is 0.253 e. The highest BCUT2D eigenvalue weighted by Gasteiger charge is 2.30. The maximum atomic E-state index is 13.4. The maximum absolute atomic E-state index is 13.4. The number of amides is 1. The molecule has 2 heterocycles. The van der Waals surface area contributed by atoms with Crippen LogP contribution >= 0.6 is 0 Å². The lowest BCUT2D eigenvalue weighted by Gasteiger charge is -2.33. The van der Waals surface area contributed by atoms with Gasteiger partial charge in [0.2, 0.25) is 10.0 Å². The van der Waals surface area contributed by atoms with E-state index >= 15 is 0 Å². The van der Waals surface area contributed by atoms with Crippen LogP contribution in [-0.2, 0) is 14.8 Å². The van der Waals surface area contributed by atoms with Crippen LogP contribution in [0.2, 0.25) is 0 Å². The summed E-state index contributed by atoms with van der Waals surface area (Å²) in [7, 11) is -3.65. The quantitative estimate of drug-likeness (QED) is 0.748. The number of nitrogens with zero attached hydrogens (tertiary/aromatic N) is 2. The summed E-state index contributed by atoms with van der Waals surface area (Å²) >= 11 is 0. The van der Waals surface area contributed by atoms with Crippen molar-refractivity contribution >= 4 is 21.6 Å². The summed E-state index contributed by atoms with van der Waals surface area (Å²) in [5.41, 5.74) is 1.33. The lowest BCUT2D eigenvalue weighted by atomic mass is 9.86. The zero-order chi connectivity index (χ0) is 21.8. The van der Waals surface area contributed by atoms with Crippen molar-refractivity contribution in [1.29, 1.82) is 0 Å². The van der Waals surface area contributed by atoms with Gasteiger partial charge in [0.05, 0.1) is 23.7 Å². The van der Waals surface area contributed by atoms with E-state index in [2.05, 4.69) is 17.1 Å². The average molecular weight is 450 g/mol. The van der Waals surface area contributed by atoms with E-state index in [0.29, 0.717) is 37.8 Å². The highest BCUT2D eigenvalue weighted by atomic mass is 32.2. The van der Waals surface area contributed by atoms with Crippen molar-refractivity contribution in [3.63, 3.8) is 0 Å². The van der Waals surface area contributed by atoms with E-state index in [0.717, 1.165) is 50.9 Å². The van der Waals surface area contributed by atoms with Crippen LogP contribution in [0.5, 0.6) is 0 Å². The fraction of sp³-hybridized carbons (Fsp3) is 0.696. The Balaban J connectivity index is 1.65. The van der Waals surface area contributed by atoms with Crippen LogP contribution in [-0.4, -0.2) is 64.1 Å². The summed E-state index contributed by atoms with van der Waals surface area (Å²) in [6, 6.07) is 5.24. The number of benzene rings is 1. The molecule has 8 heteroatoms. The van der Waals surface area contributed by atoms with Crippen LogP contribution in [0.1, 0.15) is 62.2 Å². The first-order chi connectivity index (χ1) is 15.0. The number of sulfonamides is 1. The molecule has 1 aromatic carbocycles. The molecule has 2 saturated heterocycles. The number of morpholine rings is 1. The standard InChI is InChI=1S/C23H35N3O4S/c1-18-7-3-4-8-21(18)24-23(27)20-17-19(31(28,29)26-13-15-30-16-14-26)9-10-22(20)25-11-5-2-6-12-25/h9-10,17-18,21H,2-8,11-16H2,1H3,(H,24,27)/t18-,21+/m0/s1. The molecule has 2 aliphatic heterocycles. The number of anilines is 1. The molecule has 7 nitrogen and oxygen atoms in total. The summed E-state index contributed by atoms with van der Waals surface area (Å²) in [6.07, 6.45) is 7.82. The molecule has 1 N–H and O–H groups in total. The Morgan fingerprint density at radius 3 is 2.42 bits per heavy atom. The van der Waals surface area contributed by atoms with Crippen molar-refractivity contribution in [3.05, 3.63) is 23.8 Å². The molecular weight excluding hydrogens is 414 g/mol. The molecule has 2 atom stereocenters. The molecule has 0 radical (unpaired) electrons. The molecule has 1 saturated carbocycles. The van der Waals surface area contributed by atoms with Gasteiger partial charge < -0.3 is 15.0 Å². The number of carbonyl (C=O) groups excluding carboxylic acids is 1. The molecule has 1 amide bonds. The Morgan fingerprint density at radius 1 is 1.00 bits per heavy atom. The number of hydrogen-bond donors (Lipinski definition) is 1. The van der Waals surface area contributed by atoms with Gasteiger partial charge in [0.25, 0.3) is 5.91 Å². The van der Waals surface area contributed by atoms with Crippen molar-refractivity contribution in [1.82, 2.24) is 9.62 Å². The number of piperidine rings is 1. The fourth-order valence-electron chi connectivity index (χ4n) is 4.98. The minimum Gasteiger partial charge on any atom is -0.379 e. The monoisotopic (exact) mass is 449 g/mol. The van der Waals surface area contributed by atoms with Gasteiger partial charge in [-0.2, -0.15) is 4.31 Å². The summed E-state index contributed by atoms with van der Waals surface area (Å²) < 4.78 is 33.2. The molecule has 172 valence electrons. The molecule has 1 aliphatic carbocycles. The molecule has 1 aromatic rings. The van der Waals surface area contributed by atoms with Crippen molar-refractivity contribution in [2.45, 2.75) is 62.8 Å². The first-order valence-electron chi connectivity index (χ1n) is 11.7. The summed E-state index contributed by atoms with van der Waals surface area (Å²) in [5.74, 6) is 0.287. The molecule has 0 unspecified atom stereocenters. The van der Waals surface area contributed by atoms with Gasteiger partial charge in [-0.15, -0.1) is 0 Å². The molecule has 3 fully saturated rings. The SMILES string of the molecule is C[C@H]1CCCC[C@H]1NC(=O)c1cc(S(=O)(=O)N2CCOCC2)ccc1N1CCCCC1. The predicted octanol–water partition coefficient (Wildman–Crippen LogP) is 3.01. The van der Waals surface area contributed by atoms with Crippen LogP contribution < -0.4 is 10.2 Å². The van der Waals surface area contributed by atoms with Crippen molar-refractivity contribution in [3.8, 4) is 0 Å². The number of nitrogens with one attached hydrogen (secondary N) is 1. The Hall–Kier alpha value is -1.64. The van der Waals surface area contributed by atoms with Gasteiger partial charge in [-0.05, 0) is 56.2 Å². The molecular formula is C23H35N3O4S. The van der Waals surface area contributed by atoms with Crippen LogP contribution in [0.3, 0.4) is 0 Å². The second-order valence-corrected chi connectivity index (χ2v) is 11.0.